The van der Waals surface area contributed by atoms with Crippen LogP contribution < -0.4 is 5.32 Å². The number of hydrogen-bond donors (Lipinski definition) is 1. The maximum Gasteiger partial charge on any atom is 0.124 e. The molecule has 0 aromatic carbocycles. The molecule has 0 radical (unpaired) electrons. The van der Waals surface area contributed by atoms with Crippen LogP contribution in [0.5, 0.6) is 0 Å². The largest absolute Gasteiger partial charge is 0.303 e. The predicted molar refractivity (Wildman–Crippen MR) is 54.7 cm³/mol. The second kappa shape index (κ2) is 3.26. The van der Waals surface area contributed by atoms with E-state index < -0.39 is 0 Å². The number of hydrogen-bond acceptors (Lipinski definition) is 2. The van der Waals surface area contributed by atoms with E-state index in [9.17, 15) is 4.79 Å². The number of rotatable bonds is 2. The van der Waals surface area contributed by atoms with Crippen LogP contribution in [0.1, 0.15) is 40.5 Å². The van der Waals surface area contributed by atoms with E-state index in [1.54, 1.807) is 0 Å². The first-order chi connectivity index (χ1) is 5.85. The quantitative estimate of drug-likeness (QED) is 0.522. The van der Waals surface area contributed by atoms with Gasteiger partial charge in [-0.2, -0.15) is 0 Å². The molecule has 0 aromatic rings. The van der Waals surface area contributed by atoms with E-state index in [1.165, 1.54) is 5.57 Å². The molecule has 0 fully saturated rings. The number of carbonyl (C=O) groups excluding carboxylic acids is 1. The summed E-state index contributed by atoms with van der Waals surface area (Å²) in [6.45, 7) is 8.62. The van der Waals surface area contributed by atoms with Gasteiger partial charge in [0, 0.05) is 17.5 Å². The average Bonchev–Trinajstić information content (AvgIpc) is 1.78. The van der Waals surface area contributed by atoms with Gasteiger partial charge in [-0.15, -0.1) is 0 Å². The molecule has 0 aliphatic carbocycles. The Bertz CT molecular complexity index is 238. The van der Waals surface area contributed by atoms with Crippen molar-refractivity contribution in [1.82, 2.24) is 5.32 Å². The molecule has 1 rings (SSSR count). The zero-order valence-corrected chi connectivity index (χ0v) is 8.98. The number of aldehydes is 1. The van der Waals surface area contributed by atoms with E-state index in [0.717, 1.165) is 12.7 Å². The zero-order chi connectivity index (χ0) is 10.1. The molecule has 0 saturated carbocycles. The minimum Gasteiger partial charge on any atom is -0.303 e. The molecule has 1 N–H and O–H groups in total. The highest BCUT2D eigenvalue weighted by atomic mass is 16.1. The Hall–Kier alpha value is -0.630. The predicted octanol–water partition coefficient (Wildman–Crippen LogP) is 2.05. The van der Waals surface area contributed by atoms with Gasteiger partial charge in [0.05, 0.1) is 0 Å². The van der Waals surface area contributed by atoms with Gasteiger partial charge in [-0.05, 0) is 34.1 Å². The summed E-state index contributed by atoms with van der Waals surface area (Å²) in [5.74, 6) is 0. The van der Waals surface area contributed by atoms with Crippen molar-refractivity contribution in [3.8, 4) is 0 Å². The number of carbonyl (C=O) groups is 1. The van der Waals surface area contributed by atoms with Gasteiger partial charge in [0.25, 0.3) is 0 Å². The van der Waals surface area contributed by atoms with E-state index in [2.05, 4.69) is 39.1 Å². The monoisotopic (exact) mass is 181 g/mol. The fourth-order valence-corrected chi connectivity index (χ4v) is 2.32. The highest BCUT2D eigenvalue weighted by Crippen LogP contribution is 2.28. The zero-order valence-electron chi connectivity index (χ0n) is 8.98. The van der Waals surface area contributed by atoms with Crippen LogP contribution in [-0.4, -0.2) is 17.4 Å². The Morgan fingerprint density at radius 2 is 2.08 bits per heavy atom. The van der Waals surface area contributed by atoms with Gasteiger partial charge in [0.15, 0.2) is 0 Å². The molecule has 0 bridgehead atoms. The van der Waals surface area contributed by atoms with Gasteiger partial charge in [-0.3, -0.25) is 0 Å². The summed E-state index contributed by atoms with van der Waals surface area (Å²) in [6, 6.07) is 0. The van der Waals surface area contributed by atoms with Crippen molar-refractivity contribution in [2.45, 2.75) is 51.6 Å². The maximum absolute atomic E-state index is 10.4. The lowest BCUT2D eigenvalue weighted by Crippen LogP contribution is -2.54. The first-order valence-corrected chi connectivity index (χ1v) is 4.78. The Morgan fingerprint density at radius 1 is 1.46 bits per heavy atom. The van der Waals surface area contributed by atoms with E-state index in [1.807, 2.05) is 0 Å². The smallest absolute Gasteiger partial charge is 0.124 e. The van der Waals surface area contributed by atoms with Crippen molar-refractivity contribution in [3.05, 3.63) is 11.6 Å². The summed E-state index contributed by atoms with van der Waals surface area (Å²) in [5, 5.41) is 3.53. The van der Waals surface area contributed by atoms with E-state index >= 15 is 0 Å². The molecule has 0 spiro atoms. The lowest BCUT2D eigenvalue weighted by Gasteiger charge is -2.41. The summed E-state index contributed by atoms with van der Waals surface area (Å²) >= 11 is 0. The van der Waals surface area contributed by atoms with Gasteiger partial charge >= 0.3 is 0 Å². The molecule has 13 heavy (non-hydrogen) atoms. The lowest BCUT2D eigenvalue weighted by atomic mass is 9.83. The first kappa shape index (κ1) is 10.5. The van der Waals surface area contributed by atoms with Gasteiger partial charge in [0.2, 0.25) is 0 Å². The number of nitrogens with one attached hydrogen (secondary N) is 1. The highest BCUT2D eigenvalue weighted by molar-refractivity contribution is 5.55. The molecule has 0 amide bonds. The fraction of sp³-hybridized carbons (Fsp3) is 0.727. The third kappa shape index (κ3) is 2.96. The second-order valence-electron chi connectivity index (χ2n) is 5.08. The second-order valence-corrected chi connectivity index (χ2v) is 5.08. The molecule has 2 nitrogen and oxygen atoms in total. The normalized spacial score (nSPS) is 25.1. The summed E-state index contributed by atoms with van der Waals surface area (Å²) in [5.41, 5.74) is 1.38. The van der Waals surface area contributed by atoms with E-state index in [0.29, 0.717) is 6.42 Å². The Balaban J connectivity index is 2.85. The van der Waals surface area contributed by atoms with E-state index in [4.69, 9.17) is 0 Å². The van der Waals surface area contributed by atoms with Crippen LogP contribution in [0.4, 0.5) is 0 Å². The van der Waals surface area contributed by atoms with Crippen molar-refractivity contribution in [3.63, 3.8) is 0 Å². The fourth-order valence-electron chi connectivity index (χ4n) is 2.32. The summed E-state index contributed by atoms with van der Waals surface area (Å²) in [6.07, 6.45) is 4.71. The molecule has 0 aromatic heterocycles. The molecule has 74 valence electrons. The molecule has 2 heteroatoms. The topological polar surface area (TPSA) is 29.1 Å². The molecule has 0 saturated heterocycles. The van der Waals surface area contributed by atoms with Gasteiger partial charge < -0.3 is 10.1 Å². The summed E-state index contributed by atoms with van der Waals surface area (Å²) < 4.78 is 0. The third-order valence-electron chi connectivity index (χ3n) is 2.24. The third-order valence-corrected chi connectivity index (χ3v) is 2.24. The molecular weight excluding hydrogens is 162 g/mol. The van der Waals surface area contributed by atoms with Crippen LogP contribution >= 0.6 is 0 Å². The van der Waals surface area contributed by atoms with Gasteiger partial charge in [-0.1, -0.05) is 11.6 Å². The molecule has 1 aliphatic rings. The van der Waals surface area contributed by atoms with Crippen LogP contribution in [0.2, 0.25) is 0 Å². The maximum atomic E-state index is 10.4. The van der Waals surface area contributed by atoms with Crippen LogP contribution in [0.25, 0.3) is 0 Å². The van der Waals surface area contributed by atoms with Gasteiger partial charge in [-0.25, -0.2) is 0 Å². The SMILES string of the molecule is CC1(C)C=C(CC=O)CC(C)(C)N1. The van der Waals surface area contributed by atoms with Crippen LogP contribution in [0.15, 0.2) is 11.6 Å². The Labute approximate surface area is 80.4 Å². The van der Waals surface area contributed by atoms with Crippen LogP contribution in [0.3, 0.4) is 0 Å². The van der Waals surface area contributed by atoms with Crippen molar-refractivity contribution in [2.24, 2.45) is 0 Å². The highest BCUT2D eigenvalue weighted by Gasteiger charge is 2.31. The first-order valence-electron chi connectivity index (χ1n) is 4.78. The molecule has 1 aliphatic heterocycles. The molecular formula is C11H19NO. The Kier molecular flexibility index (Phi) is 2.62. The van der Waals surface area contributed by atoms with Gasteiger partial charge in [0.1, 0.15) is 6.29 Å². The minimum absolute atomic E-state index is 0.0140. The summed E-state index contributed by atoms with van der Waals surface area (Å²) in [4.78, 5) is 10.4. The van der Waals surface area contributed by atoms with Crippen molar-refractivity contribution in [2.75, 3.05) is 0 Å². The Morgan fingerprint density at radius 3 is 2.54 bits per heavy atom. The standard InChI is InChI=1S/C11H19NO/c1-10(2)7-9(5-6-13)8-11(3,4)12-10/h6-7,12H,5,8H2,1-4H3. The van der Waals surface area contributed by atoms with Crippen molar-refractivity contribution < 1.29 is 4.79 Å². The van der Waals surface area contributed by atoms with Crippen LogP contribution in [-0.2, 0) is 4.79 Å². The van der Waals surface area contributed by atoms with E-state index in [-0.39, 0.29) is 11.1 Å². The minimum atomic E-state index is 0.0140. The molecule has 0 unspecified atom stereocenters. The van der Waals surface area contributed by atoms with Crippen molar-refractivity contribution >= 4 is 6.29 Å². The average molecular weight is 181 g/mol. The molecule has 0 atom stereocenters. The van der Waals surface area contributed by atoms with Crippen molar-refractivity contribution in [1.29, 1.82) is 0 Å². The summed E-state index contributed by atoms with van der Waals surface area (Å²) in [7, 11) is 0. The van der Waals surface area contributed by atoms with Crippen LogP contribution in [0, 0.1) is 0 Å². The lowest BCUT2D eigenvalue weighted by molar-refractivity contribution is -0.107. The molecule has 1 heterocycles.